The number of rotatable bonds is 6. The molecule has 26 heavy (non-hydrogen) atoms. The minimum atomic E-state index is -0.326. The third-order valence-electron chi connectivity index (χ3n) is 3.68. The first-order chi connectivity index (χ1) is 12.6. The number of thioether (sulfide) groups is 1. The fraction of sp³-hybridized carbons (Fsp3) is 0.222. The van der Waals surface area contributed by atoms with Gasteiger partial charge in [0, 0.05) is 16.5 Å². The number of methoxy groups -OCH3 is 3. The van der Waals surface area contributed by atoms with Crippen molar-refractivity contribution in [2.24, 2.45) is 0 Å². The van der Waals surface area contributed by atoms with Gasteiger partial charge in [-0.2, -0.15) is 0 Å². The molecule has 0 N–H and O–H groups in total. The van der Waals surface area contributed by atoms with Crippen LogP contribution in [-0.2, 0) is 4.74 Å². The summed E-state index contributed by atoms with van der Waals surface area (Å²) >= 11 is 4.56. The highest BCUT2D eigenvalue weighted by Crippen LogP contribution is 2.41. The molecule has 0 fully saturated rings. The zero-order chi connectivity index (χ0) is 18.7. The van der Waals surface area contributed by atoms with Crippen LogP contribution in [0.3, 0.4) is 0 Å². The van der Waals surface area contributed by atoms with Gasteiger partial charge in [0.25, 0.3) is 0 Å². The van der Waals surface area contributed by atoms with Crippen LogP contribution < -0.4 is 9.47 Å². The Hall–Kier alpha value is -2.03. The number of nitrogens with zero attached hydrogens (tertiary/aromatic N) is 1. The number of carbonyl (C=O) groups is 1. The molecule has 0 amide bonds. The second kappa shape index (κ2) is 8.11. The van der Waals surface area contributed by atoms with E-state index in [0.717, 1.165) is 26.0 Å². The molecule has 8 heteroatoms. The lowest BCUT2D eigenvalue weighted by Crippen LogP contribution is -1.96. The Morgan fingerprint density at radius 2 is 1.88 bits per heavy atom. The van der Waals surface area contributed by atoms with Gasteiger partial charge < -0.3 is 14.2 Å². The monoisotopic (exact) mass is 407 g/mol. The maximum atomic E-state index is 11.8. The fourth-order valence-electron chi connectivity index (χ4n) is 2.40. The topological polar surface area (TPSA) is 57.7 Å². The molecule has 0 saturated carbocycles. The van der Waals surface area contributed by atoms with E-state index < -0.39 is 0 Å². The quantitative estimate of drug-likeness (QED) is 0.420. The Labute approximate surface area is 163 Å². The van der Waals surface area contributed by atoms with Crippen LogP contribution in [0.25, 0.3) is 21.8 Å². The van der Waals surface area contributed by atoms with Gasteiger partial charge in [-0.05, 0) is 30.5 Å². The van der Waals surface area contributed by atoms with Crippen molar-refractivity contribution >= 4 is 40.4 Å². The first-order valence-electron chi connectivity index (χ1n) is 7.55. The first-order valence-corrected chi connectivity index (χ1v) is 10.5. The van der Waals surface area contributed by atoms with Crippen molar-refractivity contribution in [3.05, 3.63) is 34.5 Å². The summed E-state index contributed by atoms with van der Waals surface area (Å²) in [6.07, 6.45) is 1.99. The van der Waals surface area contributed by atoms with Crippen LogP contribution in [0.5, 0.6) is 11.5 Å². The molecule has 3 aromatic rings. The number of carbonyl (C=O) groups excluding carboxylic acids is 1. The molecule has 0 spiro atoms. The number of aromatic nitrogens is 1. The molecule has 3 rings (SSSR count). The number of ether oxygens (including phenoxy) is 3. The third-order valence-corrected chi connectivity index (χ3v) is 6.81. The second-order valence-electron chi connectivity index (χ2n) is 5.12. The van der Waals surface area contributed by atoms with Crippen LogP contribution in [-0.4, -0.2) is 38.5 Å². The highest BCUT2D eigenvalue weighted by molar-refractivity contribution is 8.00. The molecule has 0 bridgehead atoms. The summed E-state index contributed by atoms with van der Waals surface area (Å²) in [6, 6.07) is 7.56. The zero-order valence-corrected chi connectivity index (χ0v) is 17.1. The summed E-state index contributed by atoms with van der Waals surface area (Å²) in [5.74, 6) is 1.01. The highest BCUT2D eigenvalue weighted by atomic mass is 32.2. The van der Waals surface area contributed by atoms with Crippen LogP contribution in [0.4, 0.5) is 0 Å². The van der Waals surface area contributed by atoms with Crippen molar-refractivity contribution in [2.45, 2.75) is 4.21 Å². The molecular weight excluding hydrogens is 390 g/mol. The van der Waals surface area contributed by atoms with E-state index >= 15 is 0 Å². The van der Waals surface area contributed by atoms with E-state index in [1.807, 2.05) is 35.9 Å². The van der Waals surface area contributed by atoms with Gasteiger partial charge in [0.2, 0.25) is 0 Å². The lowest BCUT2D eigenvalue weighted by molar-refractivity contribution is 0.0606. The predicted molar refractivity (Wildman–Crippen MR) is 107 cm³/mol. The summed E-state index contributed by atoms with van der Waals surface area (Å²) in [4.78, 5) is 17.2. The molecule has 0 aliphatic rings. The number of hydrogen-bond donors (Lipinski definition) is 0. The van der Waals surface area contributed by atoms with Crippen molar-refractivity contribution in [1.82, 2.24) is 4.98 Å². The van der Waals surface area contributed by atoms with E-state index in [9.17, 15) is 4.79 Å². The van der Waals surface area contributed by atoms with Gasteiger partial charge in [-0.15, -0.1) is 34.4 Å². The minimum Gasteiger partial charge on any atom is -0.493 e. The summed E-state index contributed by atoms with van der Waals surface area (Å²) in [7, 11) is 4.61. The maximum absolute atomic E-state index is 11.8. The van der Waals surface area contributed by atoms with Gasteiger partial charge in [-0.25, -0.2) is 9.78 Å². The number of thiophene rings is 1. The Morgan fingerprint density at radius 1 is 1.12 bits per heavy atom. The van der Waals surface area contributed by atoms with Gasteiger partial charge in [-0.1, -0.05) is 0 Å². The van der Waals surface area contributed by atoms with E-state index in [-0.39, 0.29) is 5.97 Å². The van der Waals surface area contributed by atoms with Gasteiger partial charge >= 0.3 is 5.97 Å². The van der Waals surface area contributed by atoms with Crippen LogP contribution >= 0.6 is 34.4 Å². The molecule has 0 atom stereocenters. The molecule has 0 aliphatic heterocycles. The van der Waals surface area contributed by atoms with Crippen molar-refractivity contribution in [1.29, 1.82) is 0 Å². The van der Waals surface area contributed by atoms with Gasteiger partial charge in [0.1, 0.15) is 9.88 Å². The molecule has 0 saturated heterocycles. The minimum absolute atomic E-state index is 0.326. The third kappa shape index (κ3) is 3.58. The number of benzene rings is 1. The summed E-state index contributed by atoms with van der Waals surface area (Å²) in [5, 5.41) is 2.86. The van der Waals surface area contributed by atoms with Crippen molar-refractivity contribution < 1.29 is 19.0 Å². The second-order valence-corrected chi connectivity index (χ2v) is 8.10. The van der Waals surface area contributed by atoms with E-state index in [1.54, 1.807) is 37.3 Å². The standard InChI is InChI=1S/C18H17NO4S3/c1-21-13-6-5-10(7-14(13)22-2)12-9-25-16(19-12)11-8-15(17(20)23-3)26-18(11)24-4/h5-9H,1-4H3. The normalized spacial score (nSPS) is 10.6. The Morgan fingerprint density at radius 3 is 2.54 bits per heavy atom. The number of hydrogen-bond acceptors (Lipinski definition) is 8. The molecule has 0 aliphatic carbocycles. The van der Waals surface area contributed by atoms with Crippen LogP contribution in [0, 0.1) is 0 Å². The van der Waals surface area contributed by atoms with Crippen LogP contribution in [0.2, 0.25) is 0 Å². The molecule has 5 nitrogen and oxygen atoms in total. The molecule has 2 heterocycles. The smallest absolute Gasteiger partial charge is 0.348 e. The summed E-state index contributed by atoms with van der Waals surface area (Å²) in [5.41, 5.74) is 2.75. The lowest BCUT2D eigenvalue weighted by Gasteiger charge is -2.08. The largest absolute Gasteiger partial charge is 0.493 e. The molecule has 2 aromatic heterocycles. The molecule has 136 valence electrons. The predicted octanol–water partition coefficient (Wildman–Crippen LogP) is 5.06. The van der Waals surface area contributed by atoms with Crippen molar-refractivity contribution in [3.8, 4) is 33.3 Å². The van der Waals surface area contributed by atoms with Crippen molar-refractivity contribution in [2.75, 3.05) is 27.6 Å². The van der Waals surface area contributed by atoms with E-state index in [0.29, 0.717) is 16.4 Å². The van der Waals surface area contributed by atoms with Gasteiger partial charge in [0.15, 0.2) is 11.5 Å². The highest BCUT2D eigenvalue weighted by Gasteiger charge is 2.19. The lowest BCUT2D eigenvalue weighted by atomic mass is 10.1. The van der Waals surface area contributed by atoms with Gasteiger partial charge in [-0.3, -0.25) is 0 Å². The molecule has 1 aromatic carbocycles. The average molecular weight is 408 g/mol. The summed E-state index contributed by atoms with van der Waals surface area (Å²) in [6.45, 7) is 0. The average Bonchev–Trinajstić information content (AvgIpc) is 3.33. The summed E-state index contributed by atoms with van der Waals surface area (Å²) < 4.78 is 16.5. The molecule has 0 unspecified atom stereocenters. The fourth-order valence-corrected chi connectivity index (χ4v) is 5.17. The van der Waals surface area contributed by atoms with E-state index in [4.69, 9.17) is 19.2 Å². The molecule has 0 radical (unpaired) electrons. The first kappa shape index (κ1) is 18.8. The number of esters is 1. The maximum Gasteiger partial charge on any atom is 0.348 e. The van der Waals surface area contributed by atoms with Crippen molar-refractivity contribution in [3.63, 3.8) is 0 Å². The number of thiazole rings is 1. The Bertz CT molecular complexity index is 932. The SMILES string of the molecule is COC(=O)c1cc(-c2nc(-c3ccc(OC)c(OC)c3)cs2)c(SC)s1. The molecular formula is C18H17NO4S3. The van der Waals surface area contributed by atoms with Gasteiger partial charge in [0.05, 0.1) is 31.2 Å². The van der Waals surface area contributed by atoms with Crippen LogP contribution in [0.1, 0.15) is 9.67 Å². The Balaban J connectivity index is 1.98. The van der Waals surface area contributed by atoms with Crippen LogP contribution in [0.15, 0.2) is 33.9 Å². The van der Waals surface area contributed by atoms with E-state index in [2.05, 4.69) is 0 Å². The Kier molecular flexibility index (Phi) is 5.85. The zero-order valence-electron chi connectivity index (χ0n) is 14.7. The van der Waals surface area contributed by atoms with E-state index in [1.165, 1.54) is 18.4 Å².